The van der Waals surface area contributed by atoms with Gasteiger partial charge in [0.25, 0.3) is 0 Å². The van der Waals surface area contributed by atoms with Crippen molar-refractivity contribution in [3.05, 3.63) is 6.07 Å². The fourth-order valence-electron chi connectivity index (χ4n) is 2.22. The Labute approximate surface area is 102 Å². The van der Waals surface area contributed by atoms with Crippen LogP contribution in [0.2, 0.25) is 0 Å². The molecule has 6 nitrogen and oxygen atoms in total. The Morgan fingerprint density at radius 1 is 1.35 bits per heavy atom. The lowest BCUT2D eigenvalue weighted by molar-refractivity contribution is 0.257. The van der Waals surface area contributed by atoms with Gasteiger partial charge in [0.05, 0.1) is 0 Å². The lowest BCUT2D eigenvalue weighted by Crippen LogP contribution is -2.45. The molecule has 1 fully saturated rings. The molecule has 0 spiro atoms. The minimum absolute atomic E-state index is 0.243. The molecule has 4 N–H and O–H groups in total. The third-order valence-corrected chi connectivity index (χ3v) is 3.20. The maximum Gasteiger partial charge on any atom is 0.223 e. The van der Waals surface area contributed by atoms with Gasteiger partial charge in [0.15, 0.2) is 0 Å². The molecule has 94 valence electrons. The molecule has 0 amide bonds. The Bertz CT molecular complexity index is 371. The summed E-state index contributed by atoms with van der Waals surface area (Å²) in [5.41, 5.74) is 11.3. The lowest BCUT2D eigenvalue weighted by atomic mass is 10.1. The van der Waals surface area contributed by atoms with Gasteiger partial charge in [-0.05, 0) is 26.9 Å². The van der Waals surface area contributed by atoms with Gasteiger partial charge in [0.1, 0.15) is 11.6 Å². The minimum Gasteiger partial charge on any atom is -0.383 e. The second-order valence-corrected chi connectivity index (χ2v) is 4.71. The Balaban J connectivity index is 2.16. The van der Waals surface area contributed by atoms with E-state index in [1.54, 1.807) is 6.07 Å². The molecule has 1 unspecified atom stereocenters. The van der Waals surface area contributed by atoms with Crippen LogP contribution in [-0.4, -0.2) is 48.1 Å². The average Bonchev–Trinajstić information content (AvgIpc) is 2.28. The second kappa shape index (κ2) is 4.75. The highest BCUT2D eigenvalue weighted by molar-refractivity contribution is 5.50. The molecule has 1 aromatic rings. The highest BCUT2D eigenvalue weighted by Gasteiger charge is 2.22. The van der Waals surface area contributed by atoms with Crippen LogP contribution in [0.4, 0.5) is 17.6 Å². The second-order valence-electron chi connectivity index (χ2n) is 4.71. The number of hydrogen-bond acceptors (Lipinski definition) is 6. The van der Waals surface area contributed by atoms with E-state index in [1.165, 1.54) is 6.42 Å². The molecule has 0 aliphatic carbocycles. The molecular weight excluding hydrogens is 216 g/mol. The van der Waals surface area contributed by atoms with Crippen LogP contribution in [0.25, 0.3) is 0 Å². The first kappa shape index (κ1) is 11.9. The third kappa shape index (κ3) is 2.76. The zero-order valence-corrected chi connectivity index (χ0v) is 10.4. The van der Waals surface area contributed by atoms with Gasteiger partial charge >= 0.3 is 0 Å². The fraction of sp³-hybridized carbons (Fsp3) is 0.636. The van der Waals surface area contributed by atoms with Crippen molar-refractivity contribution >= 4 is 17.6 Å². The maximum atomic E-state index is 5.69. The molecule has 1 aliphatic heterocycles. The van der Waals surface area contributed by atoms with Crippen LogP contribution in [0.5, 0.6) is 0 Å². The lowest BCUT2D eigenvalue weighted by Gasteiger charge is -2.36. The number of anilines is 3. The highest BCUT2D eigenvalue weighted by Crippen LogP contribution is 2.21. The van der Waals surface area contributed by atoms with Crippen molar-refractivity contribution in [2.24, 2.45) is 0 Å². The number of piperidine rings is 1. The number of nitrogen functional groups attached to an aromatic ring is 2. The molecular formula is C11H20N6. The molecule has 0 radical (unpaired) electrons. The van der Waals surface area contributed by atoms with Gasteiger partial charge in [-0.25, -0.2) is 0 Å². The monoisotopic (exact) mass is 236 g/mol. The first-order chi connectivity index (χ1) is 8.06. The summed E-state index contributed by atoms with van der Waals surface area (Å²) < 4.78 is 0. The quantitative estimate of drug-likeness (QED) is 0.761. The van der Waals surface area contributed by atoms with Gasteiger partial charge < -0.3 is 21.3 Å². The topological polar surface area (TPSA) is 84.3 Å². The molecule has 0 saturated carbocycles. The molecule has 0 aromatic carbocycles. The molecule has 1 aromatic heterocycles. The zero-order valence-electron chi connectivity index (χ0n) is 10.4. The van der Waals surface area contributed by atoms with Crippen molar-refractivity contribution in [2.75, 3.05) is 43.6 Å². The number of likely N-dealkylation sites (N-methyl/N-ethyl adjacent to an activating group) is 1. The standard InChI is InChI=1S/C11H20N6/c1-16(2)8-4-3-5-17(7-8)10-6-9(12)14-11(13)15-10/h6,8H,3-5,7H2,1-2H3,(H4,12,13,14,15). The van der Waals surface area contributed by atoms with E-state index in [0.717, 1.165) is 25.3 Å². The first-order valence-electron chi connectivity index (χ1n) is 5.87. The van der Waals surface area contributed by atoms with Crippen molar-refractivity contribution in [1.29, 1.82) is 0 Å². The van der Waals surface area contributed by atoms with E-state index in [0.29, 0.717) is 11.9 Å². The molecule has 1 aliphatic rings. The van der Waals surface area contributed by atoms with Gasteiger partial charge in [-0.15, -0.1) is 0 Å². The van der Waals surface area contributed by atoms with Gasteiger partial charge in [0.2, 0.25) is 5.95 Å². The summed E-state index contributed by atoms with van der Waals surface area (Å²) in [6, 6.07) is 2.34. The number of nitrogens with zero attached hydrogens (tertiary/aromatic N) is 4. The van der Waals surface area contributed by atoms with Crippen LogP contribution in [0.15, 0.2) is 6.07 Å². The average molecular weight is 236 g/mol. The Morgan fingerprint density at radius 2 is 2.12 bits per heavy atom. The number of rotatable bonds is 2. The van der Waals surface area contributed by atoms with Crippen LogP contribution in [0.1, 0.15) is 12.8 Å². The van der Waals surface area contributed by atoms with E-state index < -0.39 is 0 Å². The number of aromatic nitrogens is 2. The van der Waals surface area contributed by atoms with Crippen LogP contribution >= 0.6 is 0 Å². The first-order valence-corrected chi connectivity index (χ1v) is 5.87. The van der Waals surface area contributed by atoms with Gasteiger partial charge in [-0.2, -0.15) is 9.97 Å². The largest absolute Gasteiger partial charge is 0.383 e. The maximum absolute atomic E-state index is 5.69. The normalized spacial score (nSPS) is 20.9. The van der Waals surface area contributed by atoms with Crippen molar-refractivity contribution in [3.63, 3.8) is 0 Å². The molecule has 6 heteroatoms. The smallest absolute Gasteiger partial charge is 0.223 e. The Kier molecular flexibility index (Phi) is 3.33. The van der Waals surface area contributed by atoms with Crippen LogP contribution < -0.4 is 16.4 Å². The highest BCUT2D eigenvalue weighted by atomic mass is 15.3. The molecule has 17 heavy (non-hydrogen) atoms. The van der Waals surface area contributed by atoms with Gasteiger partial charge in [-0.1, -0.05) is 0 Å². The van der Waals surface area contributed by atoms with Crippen molar-refractivity contribution in [2.45, 2.75) is 18.9 Å². The van der Waals surface area contributed by atoms with E-state index in [1.807, 2.05) is 0 Å². The summed E-state index contributed by atoms with van der Waals surface area (Å²) in [5, 5.41) is 0. The third-order valence-electron chi connectivity index (χ3n) is 3.20. The number of nitrogens with two attached hydrogens (primary N) is 2. The molecule has 2 rings (SSSR count). The van der Waals surface area contributed by atoms with E-state index in [2.05, 4.69) is 33.9 Å². The van der Waals surface area contributed by atoms with Gasteiger partial charge in [0, 0.05) is 25.2 Å². The zero-order chi connectivity index (χ0) is 12.4. The summed E-state index contributed by atoms with van der Waals surface area (Å²) in [7, 11) is 4.22. The SMILES string of the molecule is CN(C)C1CCCN(c2cc(N)nc(N)n2)C1. The van der Waals surface area contributed by atoms with E-state index in [9.17, 15) is 0 Å². The predicted molar refractivity (Wildman–Crippen MR) is 69.8 cm³/mol. The van der Waals surface area contributed by atoms with E-state index in [4.69, 9.17) is 11.5 Å². The van der Waals surface area contributed by atoms with Crippen molar-refractivity contribution in [3.8, 4) is 0 Å². The van der Waals surface area contributed by atoms with Crippen molar-refractivity contribution < 1.29 is 0 Å². The van der Waals surface area contributed by atoms with Gasteiger partial charge in [-0.3, -0.25) is 0 Å². The number of hydrogen-bond donors (Lipinski definition) is 2. The van der Waals surface area contributed by atoms with E-state index >= 15 is 0 Å². The molecule has 0 bridgehead atoms. The summed E-state index contributed by atoms with van der Waals surface area (Å²) >= 11 is 0. The molecule has 1 atom stereocenters. The van der Waals surface area contributed by atoms with Crippen molar-refractivity contribution in [1.82, 2.24) is 14.9 Å². The van der Waals surface area contributed by atoms with Crippen LogP contribution in [0.3, 0.4) is 0 Å². The van der Waals surface area contributed by atoms with Crippen LogP contribution in [-0.2, 0) is 0 Å². The summed E-state index contributed by atoms with van der Waals surface area (Å²) in [5.74, 6) is 1.51. The van der Waals surface area contributed by atoms with Crippen LogP contribution in [0, 0.1) is 0 Å². The molecule has 1 saturated heterocycles. The minimum atomic E-state index is 0.243. The summed E-state index contributed by atoms with van der Waals surface area (Å²) in [6.45, 7) is 1.96. The summed E-state index contributed by atoms with van der Waals surface area (Å²) in [4.78, 5) is 12.6. The Morgan fingerprint density at radius 3 is 2.76 bits per heavy atom. The van der Waals surface area contributed by atoms with E-state index in [-0.39, 0.29) is 5.95 Å². The fourth-order valence-corrected chi connectivity index (χ4v) is 2.22. The summed E-state index contributed by atoms with van der Waals surface area (Å²) in [6.07, 6.45) is 2.38. The molecule has 2 heterocycles. The predicted octanol–water partition coefficient (Wildman–Crippen LogP) is 0.171. The Hall–Kier alpha value is -1.56.